The molecule has 0 unspecified atom stereocenters. The van der Waals surface area contributed by atoms with Crippen LogP contribution in [0.2, 0.25) is 0 Å². The second-order valence-electron chi connectivity index (χ2n) is 6.91. The van der Waals surface area contributed by atoms with Crippen LogP contribution >= 0.6 is 0 Å². The van der Waals surface area contributed by atoms with E-state index in [1.807, 2.05) is 83.5 Å². The van der Waals surface area contributed by atoms with Crippen molar-refractivity contribution in [1.82, 2.24) is 14.9 Å². The number of carbonyl (C=O) groups is 1. The number of hydrogen-bond acceptors (Lipinski definition) is 5. The van der Waals surface area contributed by atoms with E-state index in [2.05, 4.69) is 15.6 Å². The van der Waals surface area contributed by atoms with Gasteiger partial charge < -0.3 is 14.6 Å². The van der Waals surface area contributed by atoms with E-state index in [-0.39, 0.29) is 5.76 Å². The van der Waals surface area contributed by atoms with Crippen molar-refractivity contribution >= 4 is 22.6 Å². The highest BCUT2D eigenvalue weighted by Gasteiger charge is 2.16. The minimum absolute atomic E-state index is 0.132. The number of rotatable bonds is 6. The number of nitrogens with one attached hydrogen (secondary N) is 1. The minimum Gasteiger partial charge on any atom is -0.457 e. The summed E-state index contributed by atoms with van der Waals surface area (Å²) < 4.78 is 12.6. The van der Waals surface area contributed by atoms with Crippen LogP contribution in [0.3, 0.4) is 0 Å². The van der Waals surface area contributed by atoms with Gasteiger partial charge in [-0.05, 0) is 42.0 Å². The zero-order valence-corrected chi connectivity index (χ0v) is 16.4. The van der Waals surface area contributed by atoms with Gasteiger partial charge in [-0.15, -0.1) is 0 Å². The quantitative estimate of drug-likeness (QED) is 0.420. The molecule has 1 amide bonds. The van der Waals surface area contributed by atoms with E-state index >= 15 is 0 Å². The molecule has 0 aliphatic rings. The Balaban J connectivity index is 1.37. The first-order chi connectivity index (χ1) is 15.3. The normalized spacial score (nSPS) is 10.8. The number of nitrogens with zero attached hydrogens (tertiary/aromatic N) is 3. The first-order valence-corrected chi connectivity index (χ1v) is 9.76. The number of carbonyl (C=O) groups excluding carboxylic acids is 1. The summed E-state index contributed by atoms with van der Waals surface area (Å²) >= 11 is 0. The zero-order valence-electron chi connectivity index (χ0n) is 16.4. The Morgan fingerprint density at radius 1 is 0.903 bits per heavy atom. The van der Waals surface area contributed by atoms with E-state index in [4.69, 9.17) is 9.26 Å². The molecule has 0 radical (unpaired) electrons. The van der Waals surface area contributed by atoms with Crippen LogP contribution in [0.25, 0.3) is 10.9 Å². The van der Waals surface area contributed by atoms with Crippen molar-refractivity contribution in [2.45, 2.75) is 6.54 Å². The number of para-hydroxylation sites is 2. The first-order valence-electron chi connectivity index (χ1n) is 9.76. The second-order valence-corrected chi connectivity index (χ2v) is 6.91. The third-order valence-corrected chi connectivity index (χ3v) is 4.79. The highest BCUT2D eigenvalue weighted by atomic mass is 16.5. The van der Waals surface area contributed by atoms with Gasteiger partial charge in [-0.3, -0.25) is 9.48 Å². The molecule has 0 saturated heterocycles. The predicted octanol–water partition coefficient (Wildman–Crippen LogP) is 5.12. The summed E-state index contributed by atoms with van der Waals surface area (Å²) in [6.07, 6.45) is 1.43. The predicted molar refractivity (Wildman–Crippen MR) is 116 cm³/mol. The van der Waals surface area contributed by atoms with E-state index in [1.165, 1.54) is 12.3 Å². The van der Waals surface area contributed by atoms with Crippen molar-refractivity contribution in [3.05, 3.63) is 102 Å². The Bertz CT molecular complexity index is 1310. The molecular formula is C24H18N4O3. The third kappa shape index (κ3) is 4.02. The monoisotopic (exact) mass is 410 g/mol. The molecule has 7 heteroatoms. The van der Waals surface area contributed by atoms with Crippen molar-refractivity contribution in [2.24, 2.45) is 0 Å². The SMILES string of the molecule is O=C(Nc1nn(Cc2ccc(Oc3ccccc3)cc2)c2ccccc12)c1ccno1. The van der Waals surface area contributed by atoms with Gasteiger partial charge in [0.2, 0.25) is 5.76 Å². The highest BCUT2D eigenvalue weighted by Crippen LogP contribution is 2.25. The molecule has 152 valence electrons. The van der Waals surface area contributed by atoms with Crippen LogP contribution in [0.4, 0.5) is 5.82 Å². The average molecular weight is 410 g/mol. The van der Waals surface area contributed by atoms with Gasteiger partial charge in [0.05, 0.1) is 18.3 Å². The van der Waals surface area contributed by atoms with E-state index < -0.39 is 5.91 Å². The molecule has 0 fully saturated rings. The van der Waals surface area contributed by atoms with Crippen LogP contribution in [-0.4, -0.2) is 20.8 Å². The van der Waals surface area contributed by atoms with Gasteiger partial charge in [-0.1, -0.05) is 47.6 Å². The van der Waals surface area contributed by atoms with Crippen molar-refractivity contribution in [3.63, 3.8) is 0 Å². The summed E-state index contributed by atoms with van der Waals surface area (Å²) in [5.74, 6) is 1.77. The maximum Gasteiger partial charge on any atom is 0.295 e. The van der Waals surface area contributed by atoms with Gasteiger partial charge in [-0.2, -0.15) is 5.10 Å². The van der Waals surface area contributed by atoms with E-state index in [0.29, 0.717) is 12.4 Å². The number of amides is 1. The summed E-state index contributed by atoms with van der Waals surface area (Å²) in [6, 6.07) is 26.8. The summed E-state index contributed by atoms with van der Waals surface area (Å²) in [7, 11) is 0. The lowest BCUT2D eigenvalue weighted by molar-refractivity contribution is 0.0987. The molecule has 0 aliphatic carbocycles. The van der Waals surface area contributed by atoms with Gasteiger partial charge in [0, 0.05) is 11.5 Å². The number of benzene rings is 3. The standard InChI is InChI=1S/C24H18N4O3/c29-24(22-14-15-25-31-22)26-23-20-8-4-5-9-21(20)28(27-23)16-17-10-12-19(13-11-17)30-18-6-2-1-3-7-18/h1-15H,16H2,(H,26,27,29). The lowest BCUT2D eigenvalue weighted by Crippen LogP contribution is -2.12. The molecule has 0 saturated carbocycles. The lowest BCUT2D eigenvalue weighted by atomic mass is 10.2. The van der Waals surface area contributed by atoms with Crippen LogP contribution in [0.15, 0.2) is 95.6 Å². The van der Waals surface area contributed by atoms with Crippen LogP contribution in [0.5, 0.6) is 11.5 Å². The minimum atomic E-state index is -0.393. The maximum atomic E-state index is 12.4. The van der Waals surface area contributed by atoms with Gasteiger partial charge in [0.15, 0.2) is 5.82 Å². The van der Waals surface area contributed by atoms with Gasteiger partial charge in [0.25, 0.3) is 5.91 Å². The fourth-order valence-corrected chi connectivity index (χ4v) is 3.30. The molecule has 5 rings (SSSR count). The molecule has 5 aromatic rings. The first kappa shape index (κ1) is 18.6. The Morgan fingerprint density at radius 3 is 2.42 bits per heavy atom. The summed E-state index contributed by atoms with van der Waals surface area (Å²) in [4.78, 5) is 12.4. The molecule has 0 atom stereocenters. The zero-order chi connectivity index (χ0) is 21.0. The van der Waals surface area contributed by atoms with Gasteiger partial charge in [0.1, 0.15) is 11.5 Å². The van der Waals surface area contributed by atoms with Crippen LogP contribution < -0.4 is 10.1 Å². The van der Waals surface area contributed by atoms with Crippen molar-refractivity contribution < 1.29 is 14.1 Å². The largest absolute Gasteiger partial charge is 0.457 e. The molecule has 0 aliphatic heterocycles. The van der Waals surface area contributed by atoms with Gasteiger partial charge in [-0.25, -0.2) is 0 Å². The third-order valence-electron chi connectivity index (χ3n) is 4.79. The van der Waals surface area contributed by atoms with E-state index in [9.17, 15) is 4.79 Å². The van der Waals surface area contributed by atoms with E-state index in [1.54, 1.807) is 0 Å². The van der Waals surface area contributed by atoms with Crippen LogP contribution in [0.1, 0.15) is 16.1 Å². The van der Waals surface area contributed by atoms with Gasteiger partial charge >= 0.3 is 0 Å². The molecule has 0 spiro atoms. The van der Waals surface area contributed by atoms with Crippen molar-refractivity contribution in [1.29, 1.82) is 0 Å². The molecule has 0 bridgehead atoms. The fourth-order valence-electron chi connectivity index (χ4n) is 3.30. The second kappa shape index (κ2) is 8.16. The summed E-state index contributed by atoms with van der Waals surface area (Å²) in [5.41, 5.74) is 1.97. The molecule has 3 aromatic carbocycles. The number of hydrogen-bond donors (Lipinski definition) is 1. The Morgan fingerprint density at radius 2 is 1.65 bits per heavy atom. The van der Waals surface area contributed by atoms with Crippen LogP contribution in [0, 0.1) is 0 Å². The van der Waals surface area contributed by atoms with Crippen molar-refractivity contribution in [3.8, 4) is 11.5 Å². The number of ether oxygens (including phenoxy) is 1. The number of aromatic nitrogens is 3. The van der Waals surface area contributed by atoms with Crippen molar-refractivity contribution in [2.75, 3.05) is 5.32 Å². The summed E-state index contributed by atoms with van der Waals surface area (Å²) in [5, 5.41) is 11.8. The Labute approximate surface area is 177 Å². The molecular weight excluding hydrogens is 392 g/mol. The topological polar surface area (TPSA) is 82.2 Å². The Hall–Kier alpha value is -4.39. The number of fused-ring (bicyclic) bond motifs is 1. The molecule has 31 heavy (non-hydrogen) atoms. The van der Waals surface area contributed by atoms with E-state index in [0.717, 1.165) is 28.0 Å². The molecule has 7 nitrogen and oxygen atoms in total. The lowest BCUT2D eigenvalue weighted by Gasteiger charge is -2.07. The smallest absolute Gasteiger partial charge is 0.295 e. The molecule has 1 N–H and O–H groups in total. The molecule has 2 aromatic heterocycles. The Kier molecular flexibility index (Phi) is 4.90. The van der Waals surface area contributed by atoms with Crippen LogP contribution in [-0.2, 0) is 6.54 Å². The fraction of sp³-hybridized carbons (Fsp3) is 0.0417. The summed E-state index contributed by atoms with van der Waals surface area (Å²) in [6.45, 7) is 0.546. The molecule has 2 heterocycles. The number of anilines is 1. The average Bonchev–Trinajstić information content (AvgIpc) is 3.45. The maximum absolute atomic E-state index is 12.4. The highest BCUT2D eigenvalue weighted by molar-refractivity contribution is 6.06.